The number of fused-ring (bicyclic) bond motifs is 4. The average molecular weight is 677 g/mol. The predicted octanol–water partition coefficient (Wildman–Crippen LogP) is 11.1. The molecule has 4 nitrogen and oxygen atoms in total. The third kappa shape index (κ3) is 6.15. The van der Waals surface area contributed by atoms with Gasteiger partial charge in [-0.1, -0.05) is 81.1 Å². The van der Waals surface area contributed by atoms with Crippen LogP contribution in [0.15, 0.2) is 12.1 Å². The second-order valence-corrected chi connectivity index (χ2v) is 14.2. The molecule has 50 heavy (non-hydrogen) atoms. The highest BCUT2D eigenvalue weighted by Gasteiger charge is 2.35. The lowest BCUT2D eigenvalue weighted by Crippen LogP contribution is -2.25. The topological polar surface area (TPSA) is 52.6 Å². The highest BCUT2D eigenvalue weighted by Crippen LogP contribution is 2.45. The van der Waals surface area contributed by atoms with E-state index in [-0.39, 0.29) is 0 Å². The Balaban J connectivity index is 1.99. The molecular formula is C46H60O4. The molecule has 0 N–H and O–H groups in total. The lowest BCUT2D eigenvalue weighted by molar-refractivity contribution is 0.0552. The first-order valence-corrected chi connectivity index (χ1v) is 19.7. The molecule has 1 aliphatic rings. The molecule has 0 heterocycles. The minimum absolute atomic E-state index is 0.419. The molecule has 268 valence electrons. The van der Waals surface area contributed by atoms with Gasteiger partial charge in [-0.15, -0.1) is 0 Å². The minimum Gasteiger partial charge on any atom is -0.465 e. The van der Waals surface area contributed by atoms with Crippen LogP contribution < -0.4 is 0 Å². The van der Waals surface area contributed by atoms with E-state index in [0.29, 0.717) is 24.0 Å². The second kappa shape index (κ2) is 16.1. The molecule has 0 aliphatic heterocycles. The number of carbonyl (C=O) groups is 2. The highest BCUT2D eigenvalue weighted by atomic mass is 16.5. The van der Waals surface area contributed by atoms with Gasteiger partial charge in [0.1, 0.15) is 0 Å². The van der Waals surface area contributed by atoms with Crippen LogP contribution in [0.4, 0.5) is 0 Å². The third-order valence-electron chi connectivity index (χ3n) is 11.5. The Morgan fingerprint density at radius 1 is 0.440 bits per heavy atom. The van der Waals surface area contributed by atoms with Gasteiger partial charge in [0.05, 0.1) is 25.3 Å². The molecule has 0 fully saturated rings. The van der Waals surface area contributed by atoms with E-state index >= 15 is 0 Å². The van der Waals surface area contributed by atoms with Gasteiger partial charge in [-0.25, -0.2) is 9.59 Å². The van der Waals surface area contributed by atoms with Crippen LogP contribution in [0.2, 0.25) is 0 Å². The Hall–Kier alpha value is -3.66. The molecule has 0 amide bonds. The molecule has 0 bridgehead atoms. The molecule has 0 atom stereocenters. The first-order valence-electron chi connectivity index (χ1n) is 19.7. The highest BCUT2D eigenvalue weighted by molar-refractivity contribution is 6.07. The first-order chi connectivity index (χ1) is 24.2. The molecule has 4 heteroatoms. The van der Waals surface area contributed by atoms with E-state index < -0.39 is 11.9 Å². The number of hydrogen-bond donors (Lipinski definition) is 0. The maximum Gasteiger partial charge on any atom is 0.339 e. The summed E-state index contributed by atoms with van der Waals surface area (Å²) in [6, 6.07) is 5.16. The second-order valence-electron chi connectivity index (χ2n) is 14.2. The van der Waals surface area contributed by atoms with Gasteiger partial charge in [-0.2, -0.15) is 0 Å². The molecule has 0 unspecified atom stereocenters. The van der Waals surface area contributed by atoms with Crippen LogP contribution in [-0.4, -0.2) is 26.2 Å². The Kier molecular flexibility index (Phi) is 12.1. The monoisotopic (exact) mass is 676 g/mol. The zero-order valence-electron chi connectivity index (χ0n) is 32.7. The van der Waals surface area contributed by atoms with Crippen LogP contribution in [0, 0.1) is 0 Å². The normalized spacial score (nSPS) is 12.4. The summed E-state index contributed by atoms with van der Waals surface area (Å²) in [4.78, 5) is 27.3. The molecule has 0 saturated carbocycles. The Morgan fingerprint density at radius 2 is 0.720 bits per heavy atom. The van der Waals surface area contributed by atoms with E-state index in [4.69, 9.17) is 9.47 Å². The fraction of sp³-hybridized carbons (Fsp3) is 0.522. The van der Waals surface area contributed by atoms with Crippen LogP contribution >= 0.6 is 0 Å². The van der Waals surface area contributed by atoms with E-state index in [1.54, 1.807) is 11.1 Å². The zero-order chi connectivity index (χ0) is 36.3. The maximum absolute atomic E-state index is 13.6. The largest absolute Gasteiger partial charge is 0.465 e. The van der Waals surface area contributed by atoms with Crippen molar-refractivity contribution in [3.63, 3.8) is 0 Å². The van der Waals surface area contributed by atoms with Crippen LogP contribution in [0.3, 0.4) is 0 Å². The Labute approximate surface area is 301 Å². The van der Waals surface area contributed by atoms with Gasteiger partial charge in [0.2, 0.25) is 0 Å². The number of ether oxygens (including phenoxy) is 2. The maximum atomic E-state index is 13.6. The van der Waals surface area contributed by atoms with Crippen molar-refractivity contribution in [1.82, 2.24) is 0 Å². The fourth-order valence-corrected chi connectivity index (χ4v) is 9.59. The van der Waals surface area contributed by atoms with E-state index in [1.807, 2.05) is 0 Å². The number of benzene rings is 4. The van der Waals surface area contributed by atoms with E-state index in [9.17, 15) is 9.59 Å². The van der Waals surface area contributed by atoms with Crippen LogP contribution in [0.1, 0.15) is 169 Å². The number of methoxy groups -OCH3 is 2. The van der Waals surface area contributed by atoms with Gasteiger partial charge in [0.15, 0.2) is 0 Å². The van der Waals surface area contributed by atoms with E-state index in [1.165, 1.54) is 80.3 Å². The van der Waals surface area contributed by atoms with Gasteiger partial charge in [0.25, 0.3) is 0 Å². The van der Waals surface area contributed by atoms with Gasteiger partial charge >= 0.3 is 11.9 Å². The number of esters is 2. The summed E-state index contributed by atoms with van der Waals surface area (Å²) in [5, 5.41) is 5.71. The molecule has 0 radical (unpaired) electrons. The third-order valence-corrected chi connectivity index (χ3v) is 11.5. The number of carbonyl (C=O) groups excluding carboxylic acids is 2. The van der Waals surface area contributed by atoms with Crippen LogP contribution in [-0.2, 0) is 73.7 Å². The number of aryl methyl sites for hydroxylation is 4. The molecular weight excluding hydrogens is 617 g/mol. The van der Waals surface area contributed by atoms with E-state index in [0.717, 1.165) is 88.2 Å². The smallest absolute Gasteiger partial charge is 0.339 e. The summed E-state index contributed by atoms with van der Waals surface area (Å²) in [6.07, 6.45) is 13.0. The van der Waals surface area contributed by atoms with Gasteiger partial charge in [-0.05, 0) is 165 Å². The van der Waals surface area contributed by atoms with Crippen molar-refractivity contribution in [2.45, 2.75) is 145 Å². The van der Waals surface area contributed by atoms with Crippen LogP contribution in [0.5, 0.6) is 0 Å². The number of hydrogen-bond acceptors (Lipinski definition) is 4. The lowest BCUT2D eigenvalue weighted by atomic mass is 9.71. The number of rotatable bonds is 14. The summed E-state index contributed by atoms with van der Waals surface area (Å²) in [5.74, 6) is -0.885. The lowest BCUT2D eigenvalue weighted by Gasteiger charge is -2.33. The molecule has 0 aromatic heterocycles. The molecule has 1 aliphatic carbocycles. The molecule has 0 saturated heterocycles. The van der Waals surface area contributed by atoms with E-state index in [2.05, 4.69) is 67.5 Å². The standard InChI is InChI=1S/C46H60O4/c1-11-19-31-37-23-35-29(17-7)27(15-5)28(16-6)30(18-8)36(35)24-38(37)32(20-12-2)40-26-42-34(22-14-4)44(46(48)50-10)43(45(47)49-9)33(21-13-3)41(42)25-39(31)40/h23-24H,11-22,25-26H2,1-10H3. The molecule has 4 aromatic rings. The summed E-state index contributed by atoms with van der Waals surface area (Å²) in [7, 11) is 2.84. The first kappa shape index (κ1) is 37.6. The van der Waals surface area contributed by atoms with Crippen molar-refractivity contribution < 1.29 is 19.1 Å². The van der Waals surface area contributed by atoms with Crippen molar-refractivity contribution >= 4 is 33.5 Å². The van der Waals surface area contributed by atoms with Gasteiger partial charge in [-0.3, -0.25) is 0 Å². The van der Waals surface area contributed by atoms with Crippen molar-refractivity contribution in [3.05, 3.63) is 90.0 Å². The Morgan fingerprint density at radius 3 is 1.00 bits per heavy atom. The molecule has 4 aromatic carbocycles. The van der Waals surface area contributed by atoms with Gasteiger partial charge in [0, 0.05) is 0 Å². The fourth-order valence-electron chi connectivity index (χ4n) is 9.59. The Bertz CT molecular complexity index is 1800. The summed E-state index contributed by atoms with van der Waals surface area (Å²) < 4.78 is 10.8. The minimum atomic E-state index is -0.442. The molecule has 0 spiro atoms. The van der Waals surface area contributed by atoms with Crippen molar-refractivity contribution in [1.29, 1.82) is 0 Å². The quantitative estimate of drug-likeness (QED) is 0.0868. The van der Waals surface area contributed by atoms with Crippen molar-refractivity contribution in [3.8, 4) is 0 Å². The zero-order valence-corrected chi connectivity index (χ0v) is 32.7. The van der Waals surface area contributed by atoms with Crippen molar-refractivity contribution in [2.75, 3.05) is 14.2 Å². The average Bonchev–Trinajstić information content (AvgIpc) is 3.13. The predicted molar refractivity (Wildman–Crippen MR) is 210 cm³/mol. The van der Waals surface area contributed by atoms with Crippen LogP contribution in [0.25, 0.3) is 21.5 Å². The molecule has 5 rings (SSSR count). The summed E-state index contributed by atoms with van der Waals surface area (Å²) in [6.45, 7) is 18.2. The van der Waals surface area contributed by atoms with Gasteiger partial charge < -0.3 is 9.47 Å². The SMILES string of the molecule is CCCc1c2c(c(CCC)c(C(=O)OC)c1C(=O)OC)Cc1c(c(CCC)c3cc4c(CC)c(CC)c(CC)c(CC)c4cc3c1CCC)C2. The van der Waals surface area contributed by atoms with Crippen molar-refractivity contribution in [2.24, 2.45) is 0 Å². The summed E-state index contributed by atoms with van der Waals surface area (Å²) >= 11 is 0. The summed E-state index contributed by atoms with van der Waals surface area (Å²) in [5.41, 5.74) is 17.2.